The van der Waals surface area contributed by atoms with Gasteiger partial charge < -0.3 is 10.6 Å². The van der Waals surface area contributed by atoms with E-state index < -0.39 is 0 Å². The molecule has 4 nitrogen and oxygen atoms in total. The van der Waals surface area contributed by atoms with Crippen molar-refractivity contribution in [3.8, 4) is 6.07 Å². The normalized spacial score (nSPS) is 12.5. The number of nitriles is 1. The van der Waals surface area contributed by atoms with Gasteiger partial charge in [0.25, 0.3) is 0 Å². The van der Waals surface area contributed by atoms with Crippen LogP contribution in [0.3, 0.4) is 0 Å². The second-order valence-electron chi connectivity index (χ2n) is 6.08. The molecule has 0 aromatic heterocycles. The molecule has 19 heavy (non-hydrogen) atoms. The van der Waals surface area contributed by atoms with Crippen molar-refractivity contribution in [2.24, 2.45) is 23.5 Å². The van der Waals surface area contributed by atoms with Gasteiger partial charge in [-0.05, 0) is 30.7 Å². The molecule has 1 amide bonds. The fraction of sp³-hybridized carbons (Fsp3) is 0.867. The van der Waals surface area contributed by atoms with E-state index in [9.17, 15) is 4.79 Å². The predicted molar refractivity (Wildman–Crippen MR) is 78.3 cm³/mol. The molecule has 0 unspecified atom stereocenters. The van der Waals surface area contributed by atoms with Gasteiger partial charge in [0.2, 0.25) is 5.91 Å². The van der Waals surface area contributed by atoms with Crippen molar-refractivity contribution >= 4 is 5.91 Å². The topological polar surface area (TPSA) is 70.1 Å². The number of rotatable bonds is 9. The lowest BCUT2D eigenvalue weighted by molar-refractivity contribution is -0.132. The molecule has 0 fully saturated rings. The number of nitrogens with zero attached hydrogens (tertiary/aromatic N) is 2. The van der Waals surface area contributed by atoms with Crippen LogP contribution in [-0.2, 0) is 4.79 Å². The van der Waals surface area contributed by atoms with Gasteiger partial charge in [-0.2, -0.15) is 5.26 Å². The van der Waals surface area contributed by atoms with E-state index in [1.54, 1.807) is 0 Å². The van der Waals surface area contributed by atoms with E-state index in [4.69, 9.17) is 11.0 Å². The van der Waals surface area contributed by atoms with Crippen molar-refractivity contribution in [2.75, 3.05) is 19.6 Å². The molecule has 1 atom stereocenters. The Bertz CT molecular complexity index is 294. The van der Waals surface area contributed by atoms with E-state index in [2.05, 4.69) is 33.8 Å². The maximum Gasteiger partial charge on any atom is 0.222 e. The van der Waals surface area contributed by atoms with Gasteiger partial charge in [-0.3, -0.25) is 4.79 Å². The Balaban J connectivity index is 4.47. The summed E-state index contributed by atoms with van der Waals surface area (Å²) in [5.41, 5.74) is 5.75. The Morgan fingerprint density at radius 2 is 1.89 bits per heavy atom. The molecule has 0 aromatic carbocycles. The number of nitrogens with two attached hydrogens (primary N) is 1. The highest BCUT2D eigenvalue weighted by Gasteiger charge is 2.19. The Morgan fingerprint density at radius 1 is 1.26 bits per heavy atom. The summed E-state index contributed by atoms with van der Waals surface area (Å²) in [5.74, 6) is 1.37. The third-order valence-electron chi connectivity index (χ3n) is 3.03. The van der Waals surface area contributed by atoms with Gasteiger partial charge in [-0.25, -0.2) is 0 Å². The van der Waals surface area contributed by atoms with Gasteiger partial charge in [-0.1, -0.05) is 27.7 Å². The standard InChI is InChI=1S/C15H29N3O/c1-12(2)8-14(10-17)9-15(19)18(7-5-6-16)11-13(3)4/h12-14H,5,7-11,17H2,1-4H3/t14-/m0/s1. The molecule has 2 N–H and O–H groups in total. The zero-order valence-electron chi connectivity index (χ0n) is 12.9. The Hall–Kier alpha value is -1.08. The molecule has 4 heteroatoms. The molecule has 0 rings (SSSR count). The molecule has 0 spiro atoms. The molecule has 0 aliphatic carbocycles. The maximum absolute atomic E-state index is 12.3. The lowest BCUT2D eigenvalue weighted by Crippen LogP contribution is -2.37. The lowest BCUT2D eigenvalue weighted by atomic mass is 9.93. The van der Waals surface area contributed by atoms with E-state index >= 15 is 0 Å². The minimum Gasteiger partial charge on any atom is -0.341 e. The van der Waals surface area contributed by atoms with Gasteiger partial charge in [-0.15, -0.1) is 0 Å². The van der Waals surface area contributed by atoms with E-state index in [-0.39, 0.29) is 11.8 Å². The van der Waals surface area contributed by atoms with E-state index in [1.165, 1.54) is 0 Å². The summed E-state index contributed by atoms with van der Waals surface area (Å²) < 4.78 is 0. The third-order valence-corrected chi connectivity index (χ3v) is 3.03. The first kappa shape index (κ1) is 17.9. The average molecular weight is 267 g/mol. The van der Waals surface area contributed by atoms with Gasteiger partial charge >= 0.3 is 0 Å². The van der Waals surface area contributed by atoms with Crippen LogP contribution in [-0.4, -0.2) is 30.4 Å². The highest BCUT2D eigenvalue weighted by molar-refractivity contribution is 5.76. The summed E-state index contributed by atoms with van der Waals surface area (Å²) in [6.45, 7) is 10.3. The molecule has 0 aromatic rings. The minimum absolute atomic E-state index is 0.139. The van der Waals surface area contributed by atoms with Gasteiger partial charge in [0.05, 0.1) is 12.5 Å². The summed E-state index contributed by atoms with van der Waals surface area (Å²) in [5, 5.41) is 8.67. The smallest absolute Gasteiger partial charge is 0.222 e. The third kappa shape index (κ3) is 8.61. The van der Waals surface area contributed by atoms with Crippen LogP contribution in [0.5, 0.6) is 0 Å². The lowest BCUT2D eigenvalue weighted by Gasteiger charge is -2.26. The molecular formula is C15H29N3O. The molecule has 0 aliphatic heterocycles. The molecule has 0 bridgehead atoms. The summed E-state index contributed by atoms with van der Waals surface area (Å²) in [7, 11) is 0. The highest BCUT2D eigenvalue weighted by Crippen LogP contribution is 2.16. The summed E-state index contributed by atoms with van der Waals surface area (Å²) in [6.07, 6.45) is 1.89. The van der Waals surface area contributed by atoms with E-state index in [0.717, 1.165) is 13.0 Å². The molecule has 0 heterocycles. The summed E-state index contributed by atoms with van der Waals surface area (Å²) in [6, 6.07) is 2.11. The van der Waals surface area contributed by atoms with Crippen molar-refractivity contribution in [3.63, 3.8) is 0 Å². The average Bonchev–Trinajstić information content (AvgIpc) is 2.32. The molecule has 0 saturated heterocycles. The van der Waals surface area contributed by atoms with Gasteiger partial charge in [0.1, 0.15) is 0 Å². The van der Waals surface area contributed by atoms with E-state index in [1.807, 2.05) is 4.90 Å². The van der Waals surface area contributed by atoms with Crippen LogP contribution in [0.25, 0.3) is 0 Å². The molecule has 110 valence electrons. The van der Waals surface area contributed by atoms with Crippen LogP contribution in [0.4, 0.5) is 0 Å². The van der Waals surface area contributed by atoms with Crippen molar-refractivity contribution in [3.05, 3.63) is 0 Å². The maximum atomic E-state index is 12.3. The largest absolute Gasteiger partial charge is 0.341 e. The summed E-state index contributed by atoms with van der Waals surface area (Å²) >= 11 is 0. The predicted octanol–water partition coefficient (Wildman–Crippen LogP) is 2.40. The van der Waals surface area contributed by atoms with Crippen LogP contribution in [0.15, 0.2) is 0 Å². The van der Waals surface area contributed by atoms with Crippen LogP contribution < -0.4 is 5.73 Å². The first-order valence-corrected chi connectivity index (χ1v) is 7.25. The Labute approximate surface area is 118 Å². The fourth-order valence-electron chi connectivity index (χ4n) is 2.25. The zero-order chi connectivity index (χ0) is 14.8. The number of hydrogen-bond acceptors (Lipinski definition) is 3. The SMILES string of the molecule is CC(C)C[C@H](CN)CC(=O)N(CCC#N)CC(C)C. The quantitative estimate of drug-likeness (QED) is 0.697. The Morgan fingerprint density at radius 3 is 2.32 bits per heavy atom. The highest BCUT2D eigenvalue weighted by atomic mass is 16.2. The monoisotopic (exact) mass is 267 g/mol. The number of amides is 1. The zero-order valence-corrected chi connectivity index (χ0v) is 12.9. The van der Waals surface area contributed by atoms with Crippen molar-refractivity contribution in [2.45, 2.75) is 47.0 Å². The van der Waals surface area contributed by atoms with Crippen molar-refractivity contribution in [1.82, 2.24) is 4.90 Å². The molecular weight excluding hydrogens is 238 g/mol. The minimum atomic E-state index is 0.139. The van der Waals surface area contributed by atoms with Gasteiger partial charge in [0.15, 0.2) is 0 Å². The number of hydrogen-bond donors (Lipinski definition) is 1. The number of carbonyl (C=O) groups excluding carboxylic acids is 1. The van der Waals surface area contributed by atoms with E-state index in [0.29, 0.717) is 37.8 Å². The summed E-state index contributed by atoms with van der Waals surface area (Å²) in [4.78, 5) is 14.1. The number of carbonyl (C=O) groups is 1. The second kappa shape index (κ2) is 9.80. The van der Waals surface area contributed by atoms with Crippen molar-refractivity contribution < 1.29 is 4.79 Å². The first-order chi connectivity index (χ1) is 8.90. The van der Waals surface area contributed by atoms with Crippen LogP contribution in [0, 0.1) is 29.1 Å². The molecule has 0 radical (unpaired) electrons. The molecule has 0 saturated carbocycles. The van der Waals surface area contributed by atoms with Crippen LogP contribution >= 0.6 is 0 Å². The molecule has 0 aliphatic rings. The first-order valence-electron chi connectivity index (χ1n) is 7.25. The van der Waals surface area contributed by atoms with Crippen molar-refractivity contribution in [1.29, 1.82) is 5.26 Å². The van der Waals surface area contributed by atoms with Crippen LogP contribution in [0.1, 0.15) is 47.0 Å². The second-order valence-corrected chi connectivity index (χ2v) is 6.08. The van der Waals surface area contributed by atoms with Crippen LogP contribution in [0.2, 0.25) is 0 Å². The Kier molecular flexibility index (Phi) is 9.24. The van der Waals surface area contributed by atoms with Gasteiger partial charge in [0, 0.05) is 19.5 Å². The fourth-order valence-corrected chi connectivity index (χ4v) is 2.25.